The van der Waals surface area contributed by atoms with E-state index in [2.05, 4.69) is 11.1 Å². The monoisotopic (exact) mass is 357 g/mol. The van der Waals surface area contributed by atoms with Gasteiger partial charge in [0.2, 0.25) is 0 Å². The Kier molecular flexibility index (Phi) is 4.38. The highest BCUT2D eigenvalue weighted by atomic mass is 16.5. The second kappa shape index (κ2) is 7.00. The first-order valence-corrected chi connectivity index (χ1v) is 8.76. The summed E-state index contributed by atoms with van der Waals surface area (Å²) in [6.45, 7) is 2.02. The number of benzene rings is 3. The van der Waals surface area contributed by atoms with E-state index in [9.17, 15) is 9.90 Å². The third-order valence-corrected chi connectivity index (χ3v) is 4.49. The Morgan fingerprint density at radius 3 is 2.52 bits per heavy atom. The summed E-state index contributed by atoms with van der Waals surface area (Å²) in [5.74, 6) is 0.556. The summed E-state index contributed by atoms with van der Waals surface area (Å²) in [6, 6.07) is 23.3. The van der Waals surface area contributed by atoms with E-state index in [0.717, 1.165) is 39.0 Å². The van der Waals surface area contributed by atoms with Gasteiger partial charge in [-0.3, -0.25) is 4.79 Å². The lowest BCUT2D eigenvalue weighted by molar-refractivity contribution is -0.136. The molecule has 0 fully saturated rings. The van der Waals surface area contributed by atoms with E-state index < -0.39 is 5.97 Å². The molecule has 3 aromatic carbocycles. The zero-order valence-electron chi connectivity index (χ0n) is 14.9. The number of carboxylic acids is 1. The second-order valence-electron chi connectivity index (χ2n) is 6.54. The third kappa shape index (κ3) is 3.55. The number of aliphatic carboxylic acids is 1. The number of fused-ring (bicyclic) bond motifs is 1. The van der Waals surface area contributed by atoms with Crippen molar-refractivity contribution in [3.8, 4) is 22.8 Å². The van der Waals surface area contributed by atoms with Crippen LogP contribution in [-0.2, 0) is 11.2 Å². The molecule has 1 aromatic heterocycles. The van der Waals surface area contributed by atoms with Crippen molar-refractivity contribution in [3.63, 3.8) is 0 Å². The summed E-state index contributed by atoms with van der Waals surface area (Å²) in [4.78, 5) is 14.9. The molecule has 2 N–H and O–H groups in total. The van der Waals surface area contributed by atoms with Crippen LogP contribution in [0.1, 0.15) is 11.1 Å². The Morgan fingerprint density at radius 1 is 0.963 bits per heavy atom. The Balaban J connectivity index is 1.83. The van der Waals surface area contributed by atoms with Crippen LogP contribution in [0, 0.1) is 6.92 Å². The molecule has 0 aliphatic heterocycles. The van der Waals surface area contributed by atoms with Crippen molar-refractivity contribution in [3.05, 3.63) is 83.9 Å². The first-order chi connectivity index (χ1) is 13.1. The summed E-state index contributed by atoms with van der Waals surface area (Å²) >= 11 is 0. The number of aromatic nitrogens is 1. The van der Waals surface area contributed by atoms with Crippen LogP contribution in [0.2, 0.25) is 0 Å². The molecule has 4 rings (SSSR count). The van der Waals surface area contributed by atoms with E-state index in [1.165, 1.54) is 0 Å². The summed E-state index contributed by atoms with van der Waals surface area (Å²) in [7, 11) is 0. The number of aromatic amines is 1. The van der Waals surface area contributed by atoms with Gasteiger partial charge >= 0.3 is 5.97 Å². The number of H-pyrrole nitrogens is 1. The fraction of sp³-hybridized carbons (Fsp3) is 0.0870. The standard InChI is InChI=1S/C23H19NO3/c1-15-6-5-7-16(12-15)23-20(14-22(25)26)19-13-18(10-11-21(19)24-23)27-17-8-3-2-4-9-17/h2-13,24H,14H2,1H3,(H,25,26). The van der Waals surface area contributed by atoms with Gasteiger partial charge < -0.3 is 14.8 Å². The maximum Gasteiger partial charge on any atom is 0.307 e. The van der Waals surface area contributed by atoms with Crippen molar-refractivity contribution in [2.75, 3.05) is 0 Å². The molecule has 27 heavy (non-hydrogen) atoms. The smallest absolute Gasteiger partial charge is 0.307 e. The van der Waals surface area contributed by atoms with Gasteiger partial charge in [0.15, 0.2) is 0 Å². The number of hydrogen-bond donors (Lipinski definition) is 2. The van der Waals surface area contributed by atoms with E-state index in [1.807, 2.05) is 73.7 Å². The van der Waals surface area contributed by atoms with E-state index in [0.29, 0.717) is 5.75 Å². The molecule has 4 heteroatoms. The Bertz CT molecular complexity index is 1110. The van der Waals surface area contributed by atoms with E-state index >= 15 is 0 Å². The molecular weight excluding hydrogens is 338 g/mol. The lowest BCUT2D eigenvalue weighted by Gasteiger charge is -2.06. The van der Waals surface area contributed by atoms with Gasteiger partial charge in [-0.1, -0.05) is 42.0 Å². The Hall–Kier alpha value is -3.53. The van der Waals surface area contributed by atoms with Gasteiger partial charge in [-0.05, 0) is 54.4 Å². The van der Waals surface area contributed by atoms with Crippen molar-refractivity contribution >= 4 is 16.9 Å². The van der Waals surface area contributed by atoms with Crippen molar-refractivity contribution < 1.29 is 14.6 Å². The number of carbonyl (C=O) groups is 1. The maximum absolute atomic E-state index is 11.5. The van der Waals surface area contributed by atoms with Crippen LogP contribution >= 0.6 is 0 Å². The van der Waals surface area contributed by atoms with Crippen LogP contribution in [0.3, 0.4) is 0 Å². The highest BCUT2D eigenvalue weighted by Gasteiger charge is 2.17. The van der Waals surface area contributed by atoms with Crippen LogP contribution in [0.5, 0.6) is 11.5 Å². The Morgan fingerprint density at radius 2 is 1.78 bits per heavy atom. The van der Waals surface area contributed by atoms with E-state index in [-0.39, 0.29) is 6.42 Å². The summed E-state index contributed by atoms with van der Waals surface area (Å²) in [5, 5.41) is 10.3. The quantitative estimate of drug-likeness (QED) is 0.491. The van der Waals surface area contributed by atoms with Crippen LogP contribution in [0.15, 0.2) is 72.8 Å². The molecule has 0 unspecified atom stereocenters. The van der Waals surface area contributed by atoms with E-state index in [4.69, 9.17) is 4.74 Å². The number of ether oxygens (including phenoxy) is 1. The first kappa shape index (κ1) is 16.9. The van der Waals surface area contributed by atoms with Gasteiger partial charge in [-0.25, -0.2) is 0 Å². The summed E-state index contributed by atoms with van der Waals surface area (Å²) in [6.07, 6.45) is -0.0575. The number of para-hydroxylation sites is 1. The summed E-state index contributed by atoms with van der Waals surface area (Å²) in [5.41, 5.74) is 4.60. The predicted octanol–water partition coefficient (Wildman–Crippen LogP) is 5.56. The number of aryl methyl sites for hydroxylation is 1. The maximum atomic E-state index is 11.5. The fourth-order valence-electron chi connectivity index (χ4n) is 3.30. The van der Waals surface area contributed by atoms with E-state index in [1.54, 1.807) is 0 Å². The zero-order chi connectivity index (χ0) is 18.8. The van der Waals surface area contributed by atoms with Crippen molar-refractivity contribution in [1.29, 1.82) is 0 Å². The van der Waals surface area contributed by atoms with Gasteiger partial charge in [0.05, 0.1) is 12.1 Å². The average Bonchev–Trinajstić information content (AvgIpc) is 3.00. The molecule has 1 heterocycles. The SMILES string of the molecule is Cc1cccc(-c2[nH]c3ccc(Oc4ccccc4)cc3c2CC(=O)O)c1. The van der Waals surface area contributed by atoms with Crippen LogP contribution < -0.4 is 4.74 Å². The number of hydrogen-bond acceptors (Lipinski definition) is 2. The highest BCUT2D eigenvalue weighted by Crippen LogP contribution is 2.34. The lowest BCUT2D eigenvalue weighted by Crippen LogP contribution is -2.01. The fourth-order valence-corrected chi connectivity index (χ4v) is 3.30. The molecule has 0 amide bonds. The van der Waals surface area contributed by atoms with Gasteiger partial charge in [0.1, 0.15) is 11.5 Å². The van der Waals surface area contributed by atoms with Gasteiger partial charge in [-0.2, -0.15) is 0 Å². The molecule has 134 valence electrons. The molecule has 0 bridgehead atoms. The third-order valence-electron chi connectivity index (χ3n) is 4.49. The normalized spacial score (nSPS) is 10.9. The van der Waals surface area contributed by atoms with Gasteiger partial charge in [-0.15, -0.1) is 0 Å². The molecule has 0 saturated heterocycles. The highest BCUT2D eigenvalue weighted by molar-refractivity contribution is 5.94. The number of rotatable bonds is 5. The number of carboxylic acid groups (broad SMARTS) is 1. The van der Waals surface area contributed by atoms with Gasteiger partial charge in [0, 0.05) is 10.9 Å². The molecule has 0 aliphatic rings. The van der Waals surface area contributed by atoms with Gasteiger partial charge in [0.25, 0.3) is 0 Å². The predicted molar refractivity (Wildman–Crippen MR) is 106 cm³/mol. The minimum absolute atomic E-state index is 0.0575. The largest absolute Gasteiger partial charge is 0.481 e. The van der Waals surface area contributed by atoms with Crippen molar-refractivity contribution in [2.24, 2.45) is 0 Å². The average molecular weight is 357 g/mol. The van der Waals surface area contributed by atoms with Crippen LogP contribution in [0.25, 0.3) is 22.2 Å². The number of nitrogens with one attached hydrogen (secondary N) is 1. The minimum atomic E-state index is -0.862. The molecule has 0 radical (unpaired) electrons. The second-order valence-corrected chi connectivity index (χ2v) is 6.54. The van der Waals surface area contributed by atoms with Crippen LogP contribution in [0.4, 0.5) is 0 Å². The van der Waals surface area contributed by atoms with Crippen molar-refractivity contribution in [2.45, 2.75) is 13.3 Å². The first-order valence-electron chi connectivity index (χ1n) is 8.76. The molecule has 0 aliphatic carbocycles. The Labute approximate surface area is 157 Å². The molecule has 4 nitrogen and oxygen atoms in total. The molecule has 0 saturated carbocycles. The molecule has 0 atom stereocenters. The zero-order valence-corrected chi connectivity index (χ0v) is 14.9. The summed E-state index contributed by atoms with van der Waals surface area (Å²) < 4.78 is 5.92. The minimum Gasteiger partial charge on any atom is -0.481 e. The molecule has 0 spiro atoms. The lowest BCUT2D eigenvalue weighted by atomic mass is 10.0. The van der Waals surface area contributed by atoms with Crippen LogP contribution in [-0.4, -0.2) is 16.1 Å². The topological polar surface area (TPSA) is 62.3 Å². The molecular formula is C23H19NO3. The van der Waals surface area contributed by atoms with Crippen molar-refractivity contribution in [1.82, 2.24) is 4.98 Å². The molecule has 4 aromatic rings.